The molecule has 3 N–H and O–H groups in total. The highest BCUT2D eigenvalue weighted by Gasteiger charge is 2.39. The summed E-state index contributed by atoms with van der Waals surface area (Å²) >= 11 is 0. The minimum atomic E-state index is -0.879. The first kappa shape index (κ1) is 25.3. The molecule has 8 nitrogen and oxygen atoms in total. The van der Waals surface area contributed by atoms with Crippen LogP contribution in [0, 0.1) is 13.8 Å². The van der Waals surface area contributed by atoms with Crippen molar-refractivity contribution in [1.29, 1.82) is 0 Å². The lowest BCUT2D eigenvalue weighted by Gasteiger charge is -2.38. The maximum Gasteiger partial charge on any atom is 0.281 e. The quantitative estimate of drug-likeness (QED) is 0.511. The highest BCUT2D eigenvalue weighted by molar-refractivity contribution is 6.02. The fraction of sp³-hybridized carbons (Fsp3) is 0.483. The minimum absolute atomic E-state index is 0.122. The zero-order chi connectivity index (χ0) is 26.4. The smallest absolute Gasteiger partial charge is 0.281 e. The Morgan fingerprint density at radius 1 is 1.05 bits per heavy atom. The Bertz CT molecular complexity index is 1330. The molecular formula is C29H38N6O2. The van der Waals surface area contributed by atoms with E-state index in [0.717, 1.165) is 65.0 Å². The number of rotatable bonds is 6. The largest absolute Gasteiger partial charge is 0.441 e. The fourth-order valence-corrected chi connectivity index (χ4v) is 5.75. The second-order valence-electron chi connectivity index (χ2n) is 11.0. The van der Waals surface area contributed by atoms with Crippen LogP contribution in [0.15, 0.2) is 35.4 Å². The number of nitrogens with zero attached hydrogens (tertiary/aromatic N) is 4. The lowest BCUT2D eigenvalue weighted by atomic mass is 9.95. The molecule has 0 spiro atoms. The molecule has 2 aromatic heterocycles. The fourth-order valence-electron chi connectivity index (χ4n) is 5.75. The lowest BCUT2D eigenvalue weighted by Crippen LogP contribution is -2.50. The second kappa shape index (κ2) is 9.82. The summed E-state index contributed by atoms with van der Waals surface area (Å²) in [5.74, 6) is 0.228. The number of hydrogen-bond acceptors (Lipinski definition) is 6. The predicted octanol–water partition coefficient (Wildman–Crippen LogP) is 4.65. The third-order valence-corrected chi connectivity index (χ3v) is 7.55. The number of piperidine rings is 1. The van der Waals surface area contributed by atoms with E-state index in [9.17, 15) is 4.79 Å². The van der Waals surface area contributed by atoms with Crippen LogP contribution >= 0.6 is 0 Å². The summed E-state index contributed by atoms with van der Waals surface area (Å²) in [6, 6.07) is 11.1. The number of H-pyrrole nitrogens is 1. The third kappa shape index (κ3) is 4.82. The first-order valence-corrected chi connectivity index (χ1v) is 13.3. The van der Waals surface area contributed by atoms with Gasteiger partial charge in [-0.2, -0.15) is 0 Å². The van der Waals surface area contributed by atoms with Crippen LogP contribution in [-0.4, -0.2) is 63.1 Å². The molecule has 1 fully saturated rings. The van der Waals surface area contributed by atoms with E-state index in [1.807, 2.05) is 19.9 Å². The van der Waals surface area contributed by atoms with Gasteiger partial charge in [0.15, 0.2) is 0 Å². The van der Waals surface area contributed by atoms with Crippen molar-refractivity contribution in [3.63, 3.8) is 0 Å². The van der Waals surface area contributed by atoms with Crippen LogP contribution in [0.3, 0.4) is 0 Å². The zero-order valence-electron chi connectivity index (χ0n) is 22.7. The average Bonchev–Trinajstić information content (AvgIpc) is 3.45. The molecule has 0 aliphatic carbocycles. The number of benzene rings is 1. The highest BCUT2D eigenvalue weighted by atomic mass is 16.5. The molecule has 0 radical (unpaired) electrons. The van der Waals surface area contributed by atoms with Crippen LogP contribution in [0.25, 0.3) is 22.2 Å². The van der Waals surface area contributed by atoms with Crippen LogP contribution in [0.1, 0.15) is 69.0 Å². The molecule has 0 bridgehead atoms. The number of aromatic nitrogens is 2. The average molecular weight is 503 g/mol. The van der Waals surface area contributed by atoms with E-state index in [2.05, 4.69) is 66.8 Å². The molecule has 1 saturated heterocycles. The Labute approximate surface area is 218 Å². The summed E-state index contributed by atoms with van der Waals surface area (Å²) in [5.41, 5.74) is 13.1. The molecule has 37 heavy (non-hydrogen) atoms. The van der Waals surface area contributed by atoms with Gasteiger partial charge >= 0.3 is 0 Å². The van der Waals surface area contributed by atoms with Crippen LogP contribution < -0.4 is 5.73 Å². The second-order valence-corrected chi connectivity index (χ2v) is 11.0. The van der Waals surface area contributed by atoms with Gasteiger partial charge in [0.1, 0.15) is 0 Å². The van der Waals surface area contributed by atoms with Crippen molar-refractivity contribution in [1.82, 2.24) is 19.9 Å². The molecule has 0 saturated carbocycles. The van der Waals surface area contributed by atoms with E-state index in [-0.39, 0.29) is 6.04 Å². The molecule has 2 aliphatic heterocycles. The van der Waals surface area contributed by atoms with Crippen molar-refractivity contribution >= 4 is 22.7 Å². The summed E-state index contributed by atoms with van der Waals surface area (Å²) in [6.07, 6.45) is 0.963. The molecule has 5 rings (SSSR count). The Kier molecular flexibility index (Phi) is 6.70. The summed E-state index contributed by atoms with van der Waals surface area (Å²) in [6.45, 7) is 14.8. The summed E-state index contributed by atoms with van der Waals surface area (Å²) in [4.78, 5) is 23.0. The molecule has 196 valence electrons. The molecule has 4 heterocycles. The van der Waals surface area contributed by atoms with E-state index in [1.165, 1.54) is 5.56 Å². The Balaban J connectivity index is 1.51. The number of carbonyl (C=O) groups excluding carboxylic acids is 1. The topological polar surface area (TPSA) is 99.8 Å². The van der Waals surface area contributed by atoms with Gasteiger partial charge in [-0.05, 0) is 82.3 Å². The van der Waals surface area contributed by atoms with Crippen LogP contribution in [0.2, 0.25) is 0 Å². The Hall–Kier alpha value is -3.39. The summed E-state index contributed by atoms with van der Waals surface area (Å²) in [7, 11) is 0. The Morgan fingerprint density at radius 2 is 1.73 bits per heavy atom. The zero-order valence-corrected chi connectivity index (χ0v) is 22.7. The normalized spacial score (nSPS) is 19.2. The first-order valence-electron chi connectivity index (χ1n) is 13.3. The molecule has 1 aromatic carbocycles. The number of nitrogens with two attached hydrogens (primary N) is 1. The van der Waals surface area contributed by atoms with E-state index >= 15 is 0 Å². The number of fused-ring (bicyclic) bond motifs is 1. The number of pyridine rings is 1. The lowest BCUT2D eigenvalue weighted by molar-refractivity contribution is -0.134. The monoisotopic (exact) mass is 502 g/mol. The predicted molar refractivity (Wildman–Crippen MR) is 147 cm³/mol. The number of likely N-dealkylation sites (tertiary alicyclic amines) is 1. The van der Waals surface area contributed by atoms with Gasteiger partial charge in [0, 0.05) is 52.5 Å². The number of carbonyl (C=O) groups is 1. The standard InChI is InChI=1S/C29H38N6O2/c1-16(2)25-23-15-20(7-8-24(23)32-26(25)21-13-18(5)31-19(6)14-21)28-33-35(29(37-28)27(30)36)22-9-11-34(12-10-22)17(3)4/h7-8,13-17,22,29,32H,9-12H2,1-6H3,(H2,30,36). The summed E-state index contributed by atoms with van der Waals surface area (Å²) in [5, 5.41) is 7.74. The van der Waals surface area contributed by atoms with Crippen molar-refractivity contribution in [2.24, 2.45) is 10.8 Å². The number of aromatic amines is 1. The molecule has 1 unspecified atom stereocenters. The van der Waals surface area contributed by atoms with Crippen molar-refractivity contribution in [3.8, 4) is 11.3 Å². The third-order valence-electron chi connectivity index (χ3n) is 7.55. The molecule has 8 heteroatoms. The van der Waals surface area contributed by atoms with Crippen molar-refractivity contribution in [3.05, 3.63) is 52.8 Å². The van der Waals surface area contributed by atoms with Gasteiger partial charge < -0.3 is 20.4 Å². The number of hydrazone groups is 1. The van der Waals surface area contributed by atoms with Gasteiger partial charge in [-0.3, -0.25) is 9.78 Å². The van der Waals surface area contributed by atoms with E-state index in [4.69, 9.17) is 15.6 Å². The van der Waals surface area contributed by atoms with Crippen molar-refractivity contribution in [2.75, 3.05) is 13.1 Å². The molecule has 2 aliphatic rings. The number of ether oxygens (including phenoxy) is 1. The molecule has 3 aromatic rings. The number of aryl methyl sites for hydroxylation is 2. The maximum atomic E-state index is 12.3. The van der Waals surface area contributed by atoms with Gasteiger partial charge in [-0.15, -0.1) is 5.10 Å². The van der Waals surface area contributed by atoms with Crippen LogP contribution in [0.4, 0.5) is 0 Å². The van der Waals surface area contributed by atoms with Crippen molar-refractivity contribution in [2.45, 2.75) is 78.6 Å². The molecule has 1 amide bonds. The van der Waals surface area contributed by atoms with Crippen LogP contribution in [-0.2, 0) is 9.53 Å². The number of amides is 1. The van der Waals surface area contributed by atoms with Gasteiger partial charge in [-0.25, -0.2) is 5.01 Å². The van der Waals surface area contributed by atoms with E-state index in [1.54, 1.807) is 5.01 Å². The van der Waals surface area contributed by atoms with Gasteiger partial charge in [0.2, 0.25) is 5.90 Å². The van der Waals surface area contributed by atoms with Gasteiger partial charge in [0.25, 0.3) is 12.1 Å². The number of primary amides is 1. The van der Waals surface area contributed by atoms with E-state index in [0.29, 0.717) is 17.9 Å². The molecule has 1 atom stereocenters. The maximum absolute atomic E-state index is 12.3. The van der Waals surface area contributed by atoms with Crippen molar-refractivity contribution < 1.29 is 9.53 Å². The van der Waals surface area contributed by atoms with Crippen LogP contribution in [0.5, 0.6) is 0 Å². The Morgan fingerprint density at radius 3 is 2.32 bits per heavy atom. The minimum Gasteiger partial charge on any atom is -0.441 e. The van der Waals surface area contributed by atoms with E-state index < -0.39 is 12.1 Å². The van der Waals surface area contributed by atoms with Gasteiger partial charge in [0.05, 0.1) is 11.7 Å². The molecular weight excluding hydrogens is 464 g/mol. The SMILES string of the molecule is Cc1cc(-c2[nH]c3ccc(C4=NN(C5CCN(C(C)C)CC5)C(C(N)=O)O4)cc3c2C(C)C)cc(C)n1. The number of hydrogen-bond donors (Lipinski definition) is 2. The highest BCUT2D eigenvalue weighted by Crippen LogP contribution is 2.37. The first-order chi connectivity index (χ1) is 17.6. The van der Waals surface area contributed by atoms with Gasteiger partial charge in [-0.1, -0.05) is 13.8 Å². The summed E-state index contributed by atoms with van der Waals surface area (Å²) < 4.78 is 6.09. The number of nitrogens with one attached hydrogen (secondary N) is 1.